The van der Waals surface area contributed by atoms with Crippen LogP contribution in [0.1, 0.15) is 38.8 Å². The number of aromatic nitrogens is 1. The number of hydrogen-bond donors (Lipinski definition) is 1. The molecular formula is C18H24N2. The van der Waals surface area contributed by atoms with Crippen LogP contribution in [-0.2, 0) is 6.42 Å². The second kappa shape index (κ2) is 5.17. The first-order valence-electron chi connectivity index (χ1n) is 7.68. The minimum Gasteiger partial charge on any atom is -0.325 e. The van der Waals surface area contributed by atoms with Crippen molar-refractivity contribution in [3.05, 3.63) is 42.1 Å². The lowest BCUT2D eigenvalue weighted by atomic mass is 9.70. The standard InChI is InChI=1S/C18H24N2/c1-13-9-14(2)11-18(19,10-13)12-16-8-7-15-5-3-4-6-17(15)20-16/h3-8,13-14H,9-12,19H2,1-2H3. The zero-order valence-corrected chi connectivity index (χ0v) is 12.5. The summed E-state index contributed by atoms with van der Waals surface area (Å²) in [6.45, 7) is 4.65. The number of benzene rings is 1. The van der Waals surface area contributed by atoms with Crippen LogP contribution in [0.2, 0.25) is 0 Å². The van der Waals surface area contributed by atoms with E-state index in [2.05, 4.69) is 44.2 Å². The van der Waals surface area contributed by atoms with E-state index in [-0.39, 0.29) is 5.54 Å². The predicted octanol–water partition coefficient (Wildman–Crippen LogP) is 3.93. The lowest BCUT2D eigenvalue weighted by Gasteiger charge is -2.40. The van der Waals surface area contributed by atoms with Gasteiger partial charge in [0.25, 0.3) is 0 Å². The molecule has 3 rings (SSSR count). The topological polar surface area (TPSA) is 38.9 Å². The summed E-state index contributed by atoms with van der Waals surface area (Å²) in [6.07, 6.45) is 4.44. The van der Waals surface area contributed by atoms with Crippen molar-refractivity contribution < 1.29 is 0 Å². The molecule has 0 saturated heterocycles. The van der Waals surface area contributed by atoms with Crippen LogP contribution < -0.4 is 5.73 Å². The van der Waals surface area contributed by atoms with E-state index in [1.165, 1.54) is 11.8 Å². The van der Waals surface area contributed by atoms with Crippen LogP contribution in [0.5, 0.6) is 0 Å². The van der Waals surface area contributed by atoms with Crippen LogP contribution in [0.15, 0.2) is 36.4 Å². The Kier molecular flexibility index (Phi) is 3.51. The highest BCUT2D eigenvalue weighted by Gasteiger charge is 2.34. The molecule has 1 aromatic carbocycles. The van der Waals surface area contributed by atoms with E-state index in [0.717, 1.165) is 42.3 Å². The summed E-state index contributed by atoms with van der Waals surface area (Å²) >= 11 is 0. The van der Waals surface area contributed by atoms with Crippen molar-refractivity contribution in [2.24, 2.45) is 17.6 Å². The van der Waals surface area contributed by atoms with Gasteiger partial charge in [0.15, 0.2) is 0 Å². The second-order valence-corrected chi connectivity index (χ2v) is 6.89. The minimum atomic E-state index is -0.0768. The van der Waals surface area contributed by atoms with E-state index in [9.17, 15) is 0 Å². The van der Waals surface area contributed by atoms with E-state index in [1.807, 2.05) is 6.07 Å². The molecule has 2 N–H and O–H groups in total. The molecule has 2 unspecified atom stereocenters. The molecule has 2 atom stereocenters. The van der Waals surface area contributed by atoms with E-state index in [4.69, 9.17) is 10.7 Å². The van der Waals surface area contributed by atoms with Gasteiger partial charge in [-0.3, -0.25) is 4.98 Å². The molecule has 1 aliphatic rings. The SMILES string of the molecule is CC1CC(C)CC(N)(Cc2ccc3ccccc3n2)C1. The molecule has 0 radical (unpaired) electrons. The third kappa shape index (κ3) is 2.85. The summed E-state index contributed by atoms with van der Waals surface area (Å²) in [5, 5.41) is 1.20. The van der Waals surface area contributed by atoms with Gasteiger partial charge < -0.3 is 5.73 Å². The molecule has 0 amide bonds. The second-order valence-electron chi connectivity index (χ2n) is 6.89. The van der Waals surface area contributed by atoms with Crippen molar-refractivity contribution in [3.63, 3.8) is 0 Å². The molecule has 0 aliphatic heterocycles. The van der Waals surface area contributed by atoms with Gasteiger partial charge in [0, 0.05) is 23.0 Å². The van der Waals surface area contributed by atoms with Gasteiger partial charge in [-0.05, 0) is 43.2 Å². The monoisotopic (exact) mass is 268 g/mol. The largest absolute Gasteiger partial charge is 0.325 e. The molecule has 1 saturated carbocycles. The maximum Gasteiger partial charge on any atom is 0.0705 e. The molecule has 106 valence electrons. The molecule has 0 spiro atoms. The van der Waals surface area contributed by atoms with Crippen LogP contribution in [0.25, 0.3) is 10.9 Å². The van der Waals surface area contributed by atoms with Crippen molar-refractivity contribution >= 4 is 10.9 Å². The molecule has 1 fully saturated rings. The Bertz CT molecular complexity index is 595. The number of pyridine rings is 1. The molecule has 2 aromatic rings. The third-order valence-electron chi connectivity index (χ3n) is 4.50. The van der Waals surface area contributed by atoms with Gasteiger partial charge in [0.05, 0.1) is 5.52 Å². The van der Waals surface area contributed by atoms with Crippen molar-refractivity contribution in [2.45, 2.75) is 45.1 Å². The summed E-state index contributed by atoms with van der Waals surface area (Å²) < 4.78 is 0. The highest BCUT2D eigenvalue weighted by Crippen LogP contribution is 2.36. The van der Waals surface area contributed by atoms with Gasteiger partial charge in [-0.1, -0.05) is 38.1 Å². The molecule has 20 heavy (non-hydrogen) atoms. The summed E-state index contributed by atoms with van der Waals surface area (Å²) in [6, 6.07) is 12.6. The first-order valence-corrected chi connectivity index (χ1v) is 7.68. The number of fused-ring (bicyclic) bond motifs is 1. The van der Waals surface area contributed by atoms with Crippen LogP contribution in [0, 0.1) is 11.8 Å². The molecule has 2 heteroatoms. The lowest BCUT2D eigenvalue weighted by molar-refractivity contribution is 0.181. The van der Waals surface area contributed by atoms with Crippen molar-refractivity contribution in [2.75, 3.05) is 0 Å². The molecular weight excluding hydrogens is 244 g/mol. The Morgan fingerprint density at radius 2 is 1.80 bits per heavy atom. The van der Waals surface area contributed by atoms with E-state index in [0.29, 0.717) is 0 Å². The summed E-state index contributed by atoms with van der Waals surface area (Å²) in [7, 11) is 0. The van der Waals surface area contributed by atoms with Gasteiger partial charge in [-0.15, -0.1) is 0 Å². The fourth-order valence-corrected chi connectivity index (χ4v) is 4.04. The highest BCUT2D eigenvalue weighted by molar-refractivity contribution is 5.78. The van der Waals surface area contributed by atoms with Crippen LogP contribution in [0.3, 0.4) is 0 Å². The van der Waals surface area contributed by atoms with Crippen molar-refractivity contribution in [3.8, 4) is 0 Å². The fraction of sp³-hybridized carbons (Fsp3) is 0.500. The number of nitrogens with zero attached hydrogens (tertiary/aromatic N) is 1. The van der Waals surface area contributed by atoms with Crippen LogP contribution >= 0.6 is 0 Å². The lowest BCUT2D eigenvalue weighted by Crippen LogP contribution is -2.48. The number of hydrogen-bond acceptors (Lipinski definition) is 2. The quantitative estimate of drug-likeness (QED) is 0.896. The maximum absolute atomic E-state index is 6.68. The van der Waals surface area contributed by atoms with Gasteiger partial charge in [0.1, 0.15) is 0 Å². The summed E-state index contributed by atoms with van der Waals surface area (Å²) in [5.41, 5.74) is 8.81. The normalized spacial score (nSPS) is 30.6. The maximum atomic E-state index is 6.68. The van der Waals surface area contributed by atoms with E-state index >= 15 is 0 Å². The van der Waals surface area contributed by atoms with Gasteiger partial charge in [-0.25, -0.2) is 0 Å². The van der Waals surface area contributed by atoms with Gasteiger partial charge in [-0.2, -0.15) is 0 Å². The molecule has 1 aromatic heterocycles. The fourth-order valence-electron chi connectivity index (χ4n) is 4.04. The predicted molar refractivity (Wildman–Crippen MR) is 84.5 cm³/mol. The van der Waals surface area contributed by atoms with E-state index in [1.54, 1.807) is 0 Å². The van der Waals surface area contributed by atoms with Gasteiger partial charge >= 0.3 is 0 Å². The Morgan fingerprint density at radius 1 is 1.10 bits per heavy atom. The summed E-state index contributed by atoms with van der Waals surface area (Å²) in [5.74, 6) is 1.45. The smallest absolute Gasteiger partial charge is 0.0705 e. The van der Waals surface area contributed by atoms with Crippen molar-refractivity contribution in [1.29, 1.82) is 0 Å². The molecule has 0 bridgehead atoms. The van der Waals surface area contributed by atoms with Gasteiger partial charge in [0.2, 0.25) is 0 Å². The zero-order valence-electron chi connectivity index (χ0n) is 12.5. The van der Waals surface area contributed by atoms with Crippen molar-refractivity contribution in [1.82, 2.24) is 4.98 Å². The average molecular weight is 268 g/mol. The van der Waals surface area contributed by atoms with Crippen LogP contribution in [0.4, 0.5) is 0 Å². The minimum absolute atomic E-state index is 0.0768. The Morgan fingerprint density at radius 3 is 2.55 bits per heavy atom. The number of nitrogens with two attached hydrogens (primary N) is 1. The first kappa shape index (κ1) is 13.6. The first-order chi connectivity index (χ1) is 9.54. The number of rotatable bonds is 2. The zero-order chi connectivity index (χ0) is 14.2. The Balaban J connectivity index is 1.84. The molecule has 2 nitrogen and oxygen atoms in total. The summed E-state index contributed by atoms with van der Waals surface area (Å²) in [4.78, 5) is 4.78. The highest BCUT2D eigenvalue weighted by atomic mass is 14.8. The van der Waals surface area contributed by atoms with E-state index < -0.39 is 0 Å². The third-order valence-corrected chi connectivity index (χ3v) is 4.50. The molecule has 1 aliphatic carbocycles. The average Bonchev–Trinajstić information content (AvgIpc) is 2.36. The Labute approximate surface area is 121 Å². The number of para-hydroxylation sites is 1. The molecule has 1 heterocycles. The van der Waals surface area contributed by atoms with Crippen LogP contribution in [-0.4, -0.2) is 10.5 Å². The Hall–Kier alpha value is -1.41.